The number of ether oxygens (including phenoxy) is 1. The first-order valence-electron chi connectivity index (χ1n) is 10.3. The number of likely N-dealkylation sites (tertiary alicyclic amines) is 1. The number of benzene rings is 1. The minimum Gasteiger partial charge on any atom is -0.394 e. The van der Waals surface area contributed by atoms with E-state index < -0.39 is 30.1 Å². The Balaban J connectivity index is 1.43. The summed E-state index contributed by atoms with van der Waals surface area (Å²) < 4.78 is 18.7. The van der Waals surface area contributed by atoms with Crippen LogP contribution in [-0.4, -0.2) is 73.0 Å². The van der Waals surface area contributed by atoms with Gasteiger partial charge in [0.1, 0.15) is 11.9 Å². The SMILES string of the molecule is O=C(C[C@@H]1C=C[C@H](NC(=O)Nc2ccc(F)cc2)[C@H](CO)O1)NCCN1CCCC1. The normalized spacial score (nSPS) is 23.9. The van der Waals surface area contributed by atoms with Crippen molar-refractivity contribution in [2.75, 3.05) is 38.1 Å². The molecule has 1 saturated heterocycles. The van der Waals surface area contributed by atoms with Gasteiger partial charge in [-0.1, -0.05) is 12.2 Å². The maximum atomic E-state index is 12.9. The van der Waals surface area contributed by atoms with Crippen LogP contribution in [0.4, 0.5) is 14.9 Å². The molecule has 0 saturated carbocycles. The molecule has 9 heteroatoms. The number of halogens is 1. The molecule has 1 aromatic rings. The lowest BCUT2D eigenvalue weighted by molar-refractivity contribution is -0.125. The van der Waals surface area contributed by atoms with Crippen molar-refractivity contribution in [1.29, 1.82) is 0 Å². The molecular weight excluding hydrogens is 391 g/mol. The van der Waals surface area contributed by atoms with Crippen LogP contribution in [0.25, 0.3) is 0 Å². The molecule has 164 valence electrons. The molecule has 2 aliphatic heterocycles. The highest BCUT2D eigenvalue weighted by Gasteiger charge is 2.29. The van der Waals surface area contributed by atoms with Crippen LogP contribution in [0.5, 0.6) is 0 Å². The molecule has 30 heavy (non-hydrogen) atoms. The van der Waals surface area contributed by atoms with Gasteiger partial charge in [0.25, 0.3) is 0 Å². The van der Waals surface area contributed by atoms with Crippen LogP contribution < -0.4 is 16.0 Å². The topological polar surface area (TPSA) is 103 Å². The smallest absolute Gasteiger partial charge is 0.319 e. The molecule has 1 fully saturated rings. The molecule has 0 spiro atoms. The maximum absolute atomic E-state index is 12.9. The molecular formula is C21H29FN4O4. The minimum absolute atomic E-state index is 0.110. The van der Waals surface area contributed by atoms with Gasteiger partial charge < -0.3 is 30.7 Å². The average Bonchev–Trinajstić information content (AvgIpc) is 3.24. The molecule has 3 rings (SSSR count). The van der Waals surface area contributed by atoms with Crippen molar-refractivity contribution >= 4 is 17.6 Å². The van der Waals surface area contributed by atoms with Gasteiger partial charge in [-0.3, -0.25) is 4.79 Å². The third-order valence-corrected chi connectivity index (χ3v) is 5.20. The van der Waals surface area contributed by atoms with Crippen molar-refractivity contribution in [3.05, 3.63) is 42.2 Å². The molecule has 2 aliphatic rings. The Hall–Kier alpha value is -2.49. The van der Waals surface area contributed by atoms with Crippen molar-refractivity contribution in [3.8, 4) is 0 Å². The summed E-state index contributed by atoms with van der Waals surface area (Å²) >= 11 is 0. The number of aliphatic hydroxyl groups excluding tert-OH is 1. The van der Waals surface area contributed by atoms with Crippen LogP contribution in [0.3, 0.4) is 0 Å². The number of carbonyl (C=O) groups excluding carboxylic acids is 2. The first kappa shape index (κ1) is 22.2. The van der Waals surface area contributed by atoms with Crippen molar-refractivity contribution in [1.82, 2.24) is 15.5 Å². The lowest BCUT2D eigenvalue weighted by Crippen LogP contribution is -2.50. The number of nitrogens with zero attached hydrogens (tertiary/aromatic N) is 1. The Morgan fingerprint density at radius 2 is 1.90 bits per heavy atom. The molecule has 0 unspecified atom stereocenters. The summed E-state index contributed by atoms with van der Waals surface area (Å²) in [5.41, 5.74) is 0.443. The Bertz CT molecular complexity index is 737. The molecule has 2 heterocycles. The van der Waals surface area contributed by atoms with E-state index in [9.17, 15) is 19.1 Å². The number of nitrogens with one attached hydrogen (secondary N) is 3. The number of amides is 3. The lowest BCUT2D eigenvalue weighted by Gasteiger charge is -2.31. The number of hydrogen-bond acceptors (Lipinski definition) is 5. The predicted octanol–water partition coefficient (Wildman–Crippen LogP) is 1.23. The number of carbonyl (C=O) groups is 2. The fourth-order valence-electron chi connectivity index (χ4n) is 3.60. The van der Waals surface area contributed by atoms with Crippen LogP contribution in [-0.2, 0) is 9.53 Å². The number of hydrogen-bond donors (Lipinski definition) is 4. The zero-order valence-electron chi connectivity index (χ0n) is 16.9. The molecule has 0 aliphatic carbocycles. The van der Waals surface area contributed by atoms with Crippen LogP contribution >= 0.6 is 0 Å². The zero-order valence-corrected chi connectivity index (χ0v) is 16.9. The summed E-state index contributed by atoms with van der Waals surface area (Å²) in [6.45, 7) is 3.32. The molecule has 4 N–H and O–H groups in total. The number of anilines is 1. The molecule has 0 bridgehead atoms. The Labute approximate surface area is 175 Å². The highest BCUT2D eigenvalue weighted by atomic mass is 19.1. The summed E-state index contributed by atoms with van der Waals surface area (Å²) in [5.74, 6) is -0.503. The first-order valence-corrected chi connectivity index (χ1v) is 10.3. The van der Waals surface area contributed by atoms with Gasteiger partial charge in [0.05, 0.1) is 25.2 Å². The van der Waals surface area contributed by atoms with Crippen molar-refractivity contribution < 1.29 is 23.8 Å². The van der Waals surface area contributed by atoms with E-state index in [4.69, 9.17) is 4.74 Å². The largest absolute Gasteiger partial charge is 0.394 e. The van der Waals surface area contributed by atoms with Gasteiger partial charge in [0.2, 0.25) is 5.91 Å². The third-order valence-electron chi connectivity index (χ3n) is 5.20. The van der Waals surface area contributed by atoms with Crippen molar-refractivity contribution in [3.63, 3.8) is 0 Å². The van der Waals surface area contributed by atoms with E-state index in [0.29, 0.717) is 12.2 Å². The van der Waals surface area contributed by atoms with Gasteiger partial charge in [-0.15, -0.1) is 0 Å². The number of aliphatic hydroxyl groups is 1. The predicted molar refractivity (Wildman–Crippen MR) is 111 cm³/mol. The molecule has 3 amide bonds. The van der Waals surface area contributed by atoms with Gasteiger partial charge in [0, 0.05) is 18.8 Å². The molecule has 1 aromatic carbocycles. The highest BCUT2D eigenvalue weighted by Crippen LogP contribution is 2.16. The highest BCUT2D eigenvalue weighted by molar-refractivity contribution is 5.89. The maximum Gasteiger partial charge on any atom is 0.319 e. The number of urea groups is 1. The van der Waals surface area contributed by atoms with E-state index in [0.717, 1.165) is 19.6 Å². The van der Waals surface area contributed by atoms with Crippen molar-refractivity contribution in [2.24, 2.45) is 0 Å². The van der Waals surface area contributed by atoms with Gasteiger partial charge in [-0.25, -0.2) is 9.18 Å². The first-order chi connectivity index (χ1) is 14.5. The Morgan fingerprint density at radius 1 is 1.17 bits per heavy atom. The monoisotopic (exact) mass is 420 g/mol. The fraction of sp³-hybridized carbons (Fsp3) is 0.524. The van der Waals surface area contributed by atoms with E-state index in [-0.39, 0.29) is 18.9 Å². The molecule has 0 radical (unpaired) electrons. The second-order valence-corrected chi connectivity index (χ2v) is 7.51. The fourth-order valence-corrected chi connectivity index (χ4v) is 3.60. The van der Waals surface area contributed by atoms with Crippen molar-refractivity contribution in [2.45, 2.75) is 37.5 Å². The summed E-state index contributed by atoms with van der Waals surface area (Å²) in [5, 5.41) is 17.8. The third kappa shape index (κ3) is 6.79. The standard InChI is InChI=1S/C21H29FN4O4/c22-15-3-5-16(6-4-15)24-21(29)25-18-8-7-17(30-19(18)14-27)13-20(28)23-9-12-26-10-1-2-11-26/h3-8,17-19,27H,1-2,9-14H2,(H,23,28)(H2,24,25,29)/t17-,18-,19-/m0/s1. The Kier molecular flexibility index (Phi) is 8.18. The average molecular weight is 420 g/mol. The summed E-state index contributed by atoms with van der Waals surface area (Å²) in [6, 6.07) is 4.34. The number of rotatable bonds is 8. The van der Waals surface area contributed by atoms with Gasteiger partial charge in [0.15, 0.2) is 0 Å². The molecule has 0 aromatic heterocycles. The quantitative estimate of drug-likeness (QED) is 0.474. The van der Waals surface area contributed by atoms with Crippen LogP contribution in [0.15, 0.2) is 36.4 Å². The van der Waals surface area contributed by atoms with Crippen LogP contribution in [0.2, 0.25) is 0 Å². The van der Waals surface area contributed by atoms with Gasteiger partial charge in [-0.2, -0.15) is 0 Å². The van der Waals surface area contributed by atoms with E-state index in [2.05, 4.69) is 20.9 Å². The van der Waals surface area contributed by atoms with Gasteiger partial charge in [-0.05, 0) is 50.2 Å². The van der Waals surface area contributed by atoms with Crippen LogP contribution in [0, 0.1) is 5.82 Å². The minimum atomic E-state index is -0.670. The van der Waals surface area contributed by atoms with E-state index in [1.165, 1.54) is 37.1 Å². The van der Waals surface area contributed by atoms with Gasteiger partial charge >= 0.3 is 6.03 Å². The molecule has 8 nitrogen and oxygen atoms in total. The Morgan fingerprint density at radius 3 is 2.60 bits per heavy atom. The summed E-state index contributed by atoms with van der Waals surface area (Å²) in [4.78, 5) is 26.6. The molecule has 3 atom stereocenters. The second-order valence-electron chi connectivity index (χ2n) is 7.51. The van der Waals surface area contributed by atoms with E-state index in [1.54, 1.807) is 12.2 Å². The lowest BCUT2D eigenvalue weighted by atomic mass is 10.0. The van der Waals surface area contributed by atoms with Crippen LogP contribution in [0.1, 0.15) is 19.3 Å². The van der Waals surface area contributed by atoms with E-state index >= 15 is 0 Å². The van der Waals surface area contributed by atoms with E-state index in [1.807, 2.05) is 0 Å². The zero-order chi connectivity index (χ0) is 21.3. The summed E-state index contributed by atoms with van der Waals surface area (Å²) in [6.07, 6.45) is 4.89. The summed E-state index contributed by atoms with van der Waals surface area (Å²) in [7, 11) is 0. The second kappa shape index (κ2) is 11.1.